The molecule has 4 heteroatoms. The smallest absolute Gasteiger partial charge is 0.201 e. The summed E-state index contributed by atoms with van der Waals surface area (Å²) in [5, 5.41) is 13.2. The highest BCUT2D eigenvalue weighted by molar-refractivity contribution is 6.35. The first-order valence-corrected chi connectivity index (χ1v) is 5.65. The summed E-state index contributed by atoms with van der Waals surface area (Å²) in [4.78, 5) is 16.4. The average Bonchev–Trinajstić information content (AvgIpc) is 2.64. The Balaban J connectivity index is 2.11. The Labute approximate surface area is 98.7 Å². The van der Waals surface area contributed by atoms with Gasteiger partial charge in [-0.3, -0.25) is 9.79 Å². The Bertz CT molecular complexity index is 558. The molecule has 0 aromatic heterocycles. The topological polar surface area (TPSA) is 61.7 Å². The number of ketones is 1. The second-order valence-electron chi connectivity index (χ2n) is 4.11. The normalized spacial score (nSPS) is 18.8. The van der Waals surface area contributed by atoms with Crippen LogP contribution in [-0.4, -0.2) is 29.8 Å². The van der Waals surface area contributed by atoms with Crippen molar-refractivity contribution < 1.29 is 9.90 Å². The van der Waals surface area contributed by atoms with Crippen molar-refractivity contribution in [2.45, 2.75) is 6.42 Å². The van der Waals surface area contributed by atoms with Crippen LogP contribution in [0, 0.1) is 0 Å². The molecule has 1 aliphatic heterocycles. The molecule has 0 spiro atoms. The van der Waals surface area contributed by atoms with Crippen LogP contribution in [0.2, 0.25) is 0 Å². The van der Waals surface area contributed by atoms with E-state index >= 15 is 0 Å². The lowest BCUT2D eigenvalue weighted by Gasteiger charge is -2.14. The minimum absolute atomic E-state index is 0.0405. The van der Waals surface area contributed by atoms with E-state index in [9.17, 15) is 9.90 Å². The van der Waals surface area contributed by atoms with E-state index in [1.165, 1.54) is 0 Å². The quantitative estimate of drug-likeness (QED) is 0.766. The number of hydrogen-bond acceptors (Lipinski definition) is 4. The number of aliphatic hydroxyl groups is 1. The van der Waals surface area contributed by atoms with Crippen LogP contribution in [0.5, 0.6) is 0 Å². The number of nitrogens with zero attached hydrogens (tertiary/aromatic N) is 1. The molecule has 0 radical (unpaired) electrons. The zero-order chi connectivity index (χ0) is 11.8. The summed E-state index contributed by atoms with van der Waals surface area (Å²) in [5.74, 6) is 0.417. The maximum atomic E-state index is 12.2. The first kappa shape index (κ1) is 10.1. The van der Waals surface area contributed by atoms with E-state index in [1.807, 2.05) is 0 Å². The number of hydrogen-bond donors (Lipinski definition) is 2. The van der Waals surface area contributed by atoms with E-state index in [-0.39, 0.29) is 11.5 Å². The number of amidine groups is 1. The van der Waals surface area contributed by atoms with Gasteiger partial charge in [-0.2, -0.15) is 0 Å². The molecule has 0 saturated heterocycles. The highest BCUT2D eigenvalue weighted by Gasteiger charge is 2.32. The van der Waals surface area contributed by atoms with Crippen LogP contribution in [0.25, 0.3) is 5.76 Å². The fourth-order valence-corrected chi connectivity index (χ4v) is 2.18. The predicted octanol–water partition coefficient (Wildman–Crippen LogP) is 1.54. The van der Waals surface area contributed by atoms with E-state index in [0.717, 1.165) is 13.0 Å². The maximum Gasteiger partial charge on any atom is 0.201 e. The van der Waals surface area contributed by atoms with Crippen molar-refractivity contribution in [2.75, 3.05) is 13.1 Å². The highest BCUT2D eigenvalue weighted by atomic mass is 16.3. The van der Waals surface area contributed by atoms with Crippen LogP contribution < -0.4 is 5.32 Å². The number of aliphatic imine (C=N–C) groups is 1. The van der Waals surface area contributed by atoms with Crippen molar-refractivity contribution in [3.63, 3.8) is 0 Å². The lowest BCUT2D eigenvalue weighted by Crippen LogP contribution is -2.32. The molecule has 17 heavy (non-hydrogen) atoms. The van der Waals surface area contributed by atoms with Crippen molar-refractivity contribution in [3.8, 4) is 0 Å². The van der Waals surface area contributed by atoms with E-state index in [2.05, 4.69) is 10.3 Å². The molecule has 0 fully saturated rings. The zero-order valence-corrected chi connectivity index (χ0v) is 9.23. The minimum Gasteiger partial charge on any atom is -0.506 e. The molecule has 0 bridgehead atoms. The van der Waals surface area contributed by atoms with Gasteiger partial charge in [0.25, 0.3) is 0 Å². The molecule has 1 heterocycles. The van der Waals surface area contributed by atoms with Crippen LogP contribution >= 0.6 is 0 Å². The van der Waals surface area contributed by atoms with Gasteiger partial charge in [0.1, 0.15) is 17.2 Å². The fourth-order valence-electron chi connectivity index (χ4n) is 2.18. The van der Waals surface area contributed by atoms with Crippen molar-refractivity contribution in [1.29, 1.82) is 0 Å². The SMILES string of the molecule is O=C1C(C2=NCCCN2)=C(O)c2ccccc21. The number of rotatable bonds is 1. The molecule has 2 N–H and O–H groups in total. The molecular formula is C13H12N2O2. The molecule has 2 aliphatic rings. The van der Waals surface area contributed by atoms with Gasteiger partial charge < -0.3 is 10.4 Å². The number of nitrogens with one attached hydrogen (secondary N) is 1. The fraction of sp³-hybridized carbons (Fsp3) is 0.231. The molecule has 0 unspecified atom stereocenters. The minimum atomic E-state index is -0.147. The molecule has 0 saturated carbocycles. The third-order valence-corrected chi connectivity index (χ3v) is 3.02. The lowest BCUT2D eigenvalue weighted by molar-refractivity contribution is 0.104. The van der Waals surface area contributed by atoms with Crippen molar-refractivity contribution in [3.05, 3.63) is 41.0 Å². The van der Waals surface area contributed by atoms with E-state index < -0.39 is 0 Å². The van der Waals surface area contributed by atoms with Gasteiger partial charge in [-0.05, 0) is 6.42 Å². The monoisotopic (exact) mass is 228 g/mol. The Morgan fingerprint density at radius 2 is 2.00 bits per heavy atom. The molecule has 0 atom stereocenters. The van der Waals surface area contributed by atoms with Crippen molar-refractivity contribution in [2.24, 2.45) is 4.99 Å². The van der Waals surface area contributed by atoms with Gasteiger partial charge >= 0.3 is 0 Å². The summed E-state index contributed by atoms with van der Waals surface area (Å²) in [6.45, 7) is 1.49. The van der Waals surface area contributed by atoms with E-state index in [4.69, 9.17) is 0 Å². The Kier molecular flexibility index (Phi) is 2.21. The van der Waals surface area contributed by atoms with Gasteiger partial charge in [-0.15, -0.1) is 0 Å². The Morgan fingerprint density at radius 1 is 1.24 bits per heavy atom. The van der Waals surface area contributed by atoms with Crippen LogP contribution in [-0.2, 0) is 0 Å². The van der Waals surface area contributed by atoms with Crippen LogP contribution in [0.1, 0.15) is 22.3 Å². The second kappa shape index (κ2) is 3.73. The maximum absolute atomic E-state index is 12.2. The summed E-state index contributed by atoms with van der Waals surface area (Å²) < 4.78 is 0. The molecular weight excluding hydrogens is 216 g/mol. The summed E-state index contributed by atoms with van der Waals surface area (Å²) in [6.07, 6.45) is 0.957. The van der Waals surface area contributed by atoms with E-state index in [1.54, 1.807) is 24.3 Å². The van der Waals surface area contributed by atoms with Gasteiger partial charge in [0.05, 0.1) is 0 Å². The average molecular weight is 228 g/mol. The summed E-state index contributed by atoms with van der Waals surface area (Å²) >= 11 is 0. The van der Waals surface area contributed by atoms with Crippen LogP contribution in [0.3, 0.4) is 0 Å². The Morgan fingerprint density at radius 3 is 2.65 bits per heavy atom. The number of carbonyl (C=O) groups is 1. The standard InChI is InChI=1S/C13H12N2O2/c16-11-8-4-1-2-5-9(8)12(17)10(11)13-14-6-3-7-15-13/h1-2,4-5,16H,3,6-7H2,(H,14,15). The van der Waals surface area contributed by atoms with Crippen LogP contribution in [0.15, 0.2) is 34.8 Å². The van der Waals surface area contributed by atoms with Crippen molar-refractivity contribution in [1.82, 2.24) is 5.32 Å². The largest absolute Gasteiger partial charge is 0.506 e. The number of Topliss-reactive ketones (excluding diaryl/α,β-unsaturated/α-hetero) is 1. The predicted molar refractivity (Wildman–Crippen MR) is 65.2 cm³/mol. The number of fused-ring (bicyclic) bond motifs is 1. The number of aliphatic hydroxyl groups excluding tert-OH is 1. The number of carbonyl (C=O) groups excluding carboxylic acids is 1. The first-order valence-electron chi connectivity index (χ1n) is 5.65. The molecule has 4 nitrogen and oxygen atoms in total. The van der Waals surface area contributed by atoms with Gasteiger partial charge in [-0.25, -0.2) is 0 Å². The van der Waals surface area contributed by atoms with Gasteiger partial charge in [0.15, 0.2) is 0 Å². The summed E-state index contributed by atoms with van der Waals surface area (Å²) in [6, 6.07) is 7.08. The molecule has 3 rings (SSSR count). The molecule has 1 aromatic carbocycles. The molecule has 1 aromatic rings. The molecule has 86 valence electrons. The van der Waals surface area contributed by atoms with Gasteiger partial charge in [-0.1, -0.05) is 24.3 Å². The third-order valence-electron chi connectivity index (χ3n) is 3.02. The Hall–Kier alpha value is -2.10. The van der Waals surface area contributed by atoms with Crippen LogP contribution in [0.4, 0.5) is 0 Å². The summed E-state index contributed by atoms with van der Waals surface area (Å²) in [5.41, 5.74) is 1.46. The second-order valence-corrected chi connectivity index (χ2v) is 4.11. The first-order chi connectivity index (χ1) is 8.29. The molecule has 1 aliphatic carbocycles. The zero-order valence-electron chi connectivity index (χ0n) is 9.23. The third kappa shape index (κ3) is 1.45. The molecule has 0 amide bonds. The highest BCUT2D eigenvalue weighted by Crippen LogP contribution is 2.31. The van der Waals surface area contributed by atoms with E-state index in [0.29, 0.717) is 29.1 Å². The lowest BCUT2D eigenvalue weighted by atomic mass is 10.1. The number of benzene rings is 1. The van der Waals surface area contributed by atoms with Gasteiger partial charge in [0.2, 0.25) is 5.78 Å². The van der Waals surface area contributed by atoms with Gasteiger partial charge in [0, 0.05) is 24.2 Å². The van der Waals surface area contributed by atoms with Crippen molar-refractivity contribution >= 4 is 17.4 Å². The summed E-state index contributed by atoms with van der Waals surface area (Å²) in [7, 11) is 0.